The number of anilines is 1. The minimum Gasteiger partial charge on any atom is -0.340 e. The molecule has 1 rings (SSSR count). The summed E-state index contributed by atoms with van der Waals surface area (Å²) in [6, 6.07) is 7.16. The Hall–Kier alpha value is 0.970. The van der Waals surface area contributed by atoms with Gasteiger partial charge in [-0.05, 0) is 45.9 Å². The number of hydrogen-bond acceptors (Lipinski definition) is 3. The molecular formula is C8H5Cl4NS3. The predicted molar refractivity (Wildman–Crippen MR) is 83.1 cm³/mol. The van der Waals surface area contributed by atoms with Crippen LogP contribution < -0.4 is 5.32 Å². The fourth-order valence-electron chi connectivity index (χ4n) is 0.757. The lowest BCUT2D eigenvalue weighted by atomic mass is 10.3. The van der Waals surface area contributed by atoms with Crippen molar-refractivity contribution in [3.8, 4) is 0 Å². The summed E-state index contributed by atoms with van der Waals surface area (Å²) in [7, 11) is 2.24. The summed E-state index contributed by atoms with van der Waals surface area (Å²) in [5.74, 6) is 0. The van der Waals surface area contributed by atoms with Crippen molar-refractivity contribution >= 4 is 90.2 Å². The molecule has 0 radical (unpaired) electrons. The van der Waals surface area contributed by atoms with Crippen LogP contribution in [0.1, 0.15) is 0 Å². The van der Waals surface area contributed by atoms with Crippen molar-refractivity contribution in [2.75, 3.05) is 5.32 Å². The number of nitrogens with one attached hydrogen (secondary N) is 1. The van der Waals surface area contributed by atoms with E-state index < -0.39 is 3.12 Å². The summed E-state index contributed by atoms with van der Waals surface area (Å²) >= 11 is 27.5. The number of alkyl halides is 3. The molecule has 0 bridgehead atoms. The van der Waals surface area contributed by atoms with Crippen LogP contribution >= 0.6 is 80.2 Å². The smallest absolute Gasteiger partial charge is 0.247 e. The van der Waals surface area contributed by atoms with E-state index in [1.807, 2.05) is 12.1 Å². The standard InChI is InChI=1S/C8H5Cl4NS3/c9-5-1-3-6(4-2-5)13-7(14)15-16-8(10,11)12/h1-4H,(H,13,14). The van der Waals surface area contributed by atoms with Gasteiger partial charge < -0.3 is 5.32 Å². The highest BCUT2D eigenvalue weighted by atomic mass is 35.6. The third-order valence-corrected chi connectivity index (χ3v) is 5.77. The minimum atomic E-state index is -1.38. The van der Waals surface area contributed by atoms with Gasteiger partial charge in [0, 0.05) is 10.7 Å². The van der Waals surface area contributed by atoms with Crippen molar-refractivity contribution in [1.29, 1.82) is 0 Å². The van der Waals surface area contributed by atoms with Crippen molar-refractivity contribution < 1.29 is 0 Å². The SMILES string of the molecule is S=C(Nc1ccc(Cl)cc1)SSC(Cl)(Cl)Cl. The zero-order chi connectivity index (χ0) is 12.2. The predicted octanol–water partition coefficient (Wildman–Crippen LogP) is 5.75. The molecule has 1 nitrogen and oxygen atoms in total. The number of rotatable bonds is 2. The minimum absolute atomic E-state index is 0.513. The zero-order valence-electron chi connectivity index (χ0n) is 7.55. The van der Waals surface area contributed by atoms with E-state index in [9.17, 15) is 0 Å². The van der Waals surface area contributed by atoms with Crippen LogP contribution in [-0.4, -0.2) is 7.45 Å². The van der Waals surface area contributed by atoms with Crippen molar-refractivity contribution in [2.45, 2.75) is 3.12 Å². The maximum Gasteiger partial charge on any atom is 0.247 e. The van der Waals surface area contributed by atoms with Crippen LogP contribution in [0.2, 0.25) is 5.02 Å². The molecule has 88 valence electrons. The monoisotopic (exact) mass is 351 g/mol. The summed E-state index contributed by atoms with van der Waals surface area (Å²) in [5.41, 5.74) is 0.840. The third kappa shape index (κ3) is 6.64. The first-order valence-electron chi connectivity index (χ1n) is 3.86. The van der Waals surface area contributed by atoms with Crippen LogP contribution in [0.4, 0.5) is 5.69 Å². The Morgan fingerprint density at radius 2 is 1.75 bits per heavy atom. The summed E-state index contributed by atoms with van der Waals surface area (Å²) in [5, 5.41) is 3.65. The lowest BCUT2D eigenvalue weighted by molar-refractivity contribution is 1.66. The van der Waals surface area contributed by atoms with Crippen molar-refractivity contribution in [3.63, 3.8) is 0 Å². The molecule has 0 fully saturated rings. The lowest BCUT2D eigenvalue weighted by Crippen LogP contribution is -2.04. The molecule has 0 aliphatic heterocycles. The molecule has 1 aromatic rings. The second-order valence-corrected chi connectivity index (χ2v) is 8.94. The first-order valence-corrected chi connectivity index (χ1v) is 7.93. The fourth-order valence-corrected chi connectivity index (χ4v) is 3.12. The van der Waals surface area contributed by atoms with Gasteiger partial charge in [-0.25, -0.2) is 0 Å². The molecule has 1 aromatic carbocycles. The van der Waals surface area contributed by atoms with Crippen LogP contribution in [0, 0.1) is 0 Å². The Labute approximate surface area is 127 Å². The van der Waals surface area contributed by atoms with E-state index in [0.717, 1.165) is 16.5 Å². The summed E-state index contributed by atoms with van der Waals surface area (Å²) in [6.07, 6.45) is 0. The topological polar surface area (TPSA) is 12.0 Å². The molecule has 0 aromatic heterocycles. The molecular weight excluding hydrogens is 348 g/mol. The second kappa shape index (κ2) is 6.78. The van der Waals surface area contributed by atoms with Gasteiger partial charge in [-0.2, -0.15) is 0 Å². The van der Waals surface area contributed by atoms with Gasteiger partial charge in [0.15, 0.2) is 0 Å². The molecule has 0 unspecified atom stereocenters. The Balaban J connectivity index is 2.43. The average Bonchev–Trinajstić information content (AvgIpc) is 2.18. The summed E-state index contributed by atoms with van der Waals surface area (Å²) in [4.78, 5) is 0. The number of benzene rings is 1. The molecule has 0 saturated heterocycles. The number of hydrogen-bond donors (Lipinski definition) is 1. The van der Waals surface area contributed by atoms with Gasteiger partial charge in [0.1, 0.15) is 4.32 Å². The molecule has 0 heterocycles. The van der Waals surface area contributed by atoms with Crippen LogP contribution in [-0.2, 0) is 0 Å². The zero-order valence-corrected chi connectivity index (χ0v) is 13.0. The molecule has 0 aliphatic carbocycles. The molecule has 1 N–H and O–H groups in total. The summed E-state index contributed by atoms with van der Waals surface area (Å²) < 4.78 is -0.866. The Morgan fingerprint density at radius 3 is 2.25 bits per heavy atom. The maximum absolute atomic E-state index is 5.75. The highest BCUT2D eigenvalue weighted by Crippen LogP contribution is 2.46. The van der Waals surface area contributed by atoms with Crippen LogP contribution in [0.15, 0.2) is 24.3 Å². The lowest BCUT2D eigenvalue weighted by Gasteiger charge is -2.10. The quantitative estimate of drug-likeness (QED) is 0.413. The molecule has 16 heavy (non-hydrogen) atoms. The first-order chi connectivity index (χ1) is 7.37. The summed E-state index contributed by atoms with van der Waals surface area (Å²) in [6.45, 7) is 0. The average molecular weight is 353 g/mol. The number of thiocarbonyl (C=S) groups is 1. The molecule has 0 atom stereocenters. The van der Waals surface area contributed by atoms with Gasteiger partial charge in [0.2, 0.25) is 3.12 Å². The van der Waals surface area contributed by atoms with Gasteiger partial charge in [-0.1, -0.05) is 58.6 Å². The van der Waals surface area contributed by atoms with Crippen molar-refractivity contribution in [2.24, 2.45) is 0 Å². The van der Waals surface area contributed by atoms with Gasteiger partial charge >= 0.3 is 0 Å². The molecule has 8 heteroatoms. The Bertz CT molecular complexity index is 363. The van der Waals surface area contributed by atoms with Gasteiger partial charge in [0.25, 0.3) is 0 Å². The molecule has 0 amide bonds. The van der Waals surface area contributed by atoms with Gasteiger partial charge in [-0.15, -0.1) is 0 Å². The van der Waals surface area contributed by atoms with Crippen molar-refractivity contribution in [1.82, 2.24) is 0 Å². The Kier molecular flexibility index (Phi) is 6.37. The molecule has 0 spiro atoms. The maximum atomic E-state index is 5.75. The molecule has 0 aliphatic rings. The van der Waals surface area contributed by atoms with Gasteiger partial charge in [-0.3, -0.25) is 0 Å². The first kappa shape index (κ1) is 15.0. The van der Waals surface area contributed by atoms with Gasteiger partial charge in [0.05, 0.1) is 0 Å². The van der Waals surface area contributed by atoms with E-state index in [4.69, 9.17) is 58.6 Å². The van der Waals surface area contributed by atoms with E-state index in [1.165, 1.54) is 10.8 Å². The van der Waals surface area contributed by atoms with E-state index in [0.29, 0.717) is 9.34 Å². The van der Waals surface area contributed by atoms with Crippen LogP contribution in [0.25, 0.3) is 0 Å². The highest BCUT2D eigenvalue weighted by Gasteiger charge is 2.21. The number of halogens is 4. The normalized spacial score (nSPS) is 11.2. The van der Waals surface area contributed by atoms with Crippen LogP contribution in [0.3, 0.4) is 0 Å². The third-order valence-electron chi connectivity index (χ3n) is 1.30. The van der Waals surface area contributed by atoms with Crippen molar-refractivity contribution in [3.05, 3.63) is 29.3 Å². The highest BCUT2D eigenvalue weighted by molar-refractivity contribution is 8.85. The van der Waals surface area contributed by atoms with E-state index in [2.05, 4.69) is 5.32 Å². The van der Waals surface area contributed by atoms with E-state index in [1.54, 1.807) is 12.1 Å². The van der Waals surface area contributed by atoms with Crippen LogP contribution in [0.5, 0.6) is 0 Å². The fraction of sp³-hybridized carbons (Fsp3) is 0.125. The van der Waals surface area contributed by atoms with E-state index in [-0.39, 0.29) is 0 Å². The molecule has 0 saturated carbocycles. The Morgan fingerprint density at radius 1 is 1.19 bits per heavy atom. The van der Waals surface area contributed by atoms with E-state index >= 15 is 0 Å². The largest absolute Gasteiger partial charge is 0.340 e. The second-order valence-electron chi connectivity index (χ2n) is 2.53.